The molecule has 0 spiro atoms. The quantitative estimate of drug-likeness (QED) is 0.310. The molecule has 0 saturated carbocycles. The van der Waals surface area contributed by atoms with Crippen LogP contribution in [-0.2, 0) is 19.1 Å². The number of carbonyl (C=O) groups is 2. The van der Waals surface area contributed by atoms with Crippen molar-refractivity contribution in [1.29, 1.82) is 0 Å². The predicted octanol–water partition coefficient (Wildman–Crippen LogP) is 2.96. The van der Waals surface area contributed by atoms with Gasteiger partial charge in [0.15, 0.2) is 0 Å². The van der Waals surface area contributed by atoms with Crippen LogP contribution in [-0.4, -0.2) is 24.6 Å². The van der Waals surface area contributed by atoms with Gasteiger partial charge in [-0.25, -0.2) is 4.79 Å². The van der Waals surface area contributed by atoms with Crippen molar-refractivity contribution in [1.82, 2.24) is 0 Å². The van der Waals surface area contributed by atoms with Crippen molar-refractivity contribution in [3.8, 4) is 35.5 Å². The van der Waals surface area contributed by atoms with Crippen LogP contribution in [0.3, 0.4) is 0 Å². The molecular weight excluding hydrogens is 316 g/mol. The highest BCUT2D eigenvalue weighted by molar-refractivity contribution is 5.87. The molecule has 0 fully saturated rings. The Morgan fingerprint density at radius 2 is 1.80 bits per heavy atom. The monoisotopic (exact) mass is 338 g/mol. The summed E-state index contributed by atoms with van der Waals surface area (Å²) in [5.41, 5.74) is 0.515. The minimum absolute atomic E-state index is 0.171. The van der Waals surface area contributed by atoms with Crippen molar-refractivity contribution in [2.75, 3.05) is 6.61 Å². The van der Waals surface area contributed by atoms with Gasteiger partial charge in [0, 0.05) is 18.9 Å². The zero-order valence-electron chi connectivity index (χ0n) is 15.0. The summed E-state index contributed by atoms with van der Waals surface area (Å²) in [5, 5.41) is 0. The van der Waals surface area contributed by atoms with E-state index in [2.05, 4.69) is 35.5 Å². The van der Waals surface area contributed by atoms with E-state index in [0.717, 1.165) is 0 Å². The molecule has 0 aliphatic carbocycles. The molecule has 0 aromatic rings. The molecule has 130 valence electrons. The first-order chi connectivity index (χ1) is 12.0. The second kappa shape index (κ2) is 14.4. The second-order valence-corrected chi connectivity index (χ2v) is 4.68. The summed E-state index contributed by atoms with van der Waals surface area (Å²) in [6.07, 6.45) is 8.29. The Morgan fingerprint density at radius 1 is 1.08 bits per heavy atom. The molecule has 0 N–H and O–H groups in total. The third-order valence-electron chi connectivity index (χ3n) is 2.72. The second-order valence-electron chi connectivity index (χ2n) is 4.68. The predicted molar refractivity (Wildman–Crippen MR) is 97.8 cm³/mol. The first-order valence-corrected chi connectivity index (χ1v) is 7.74. The van der Waals surface area contributed by atoms with Gasteiger partial charge < -0.3 is 9.47 Å². The van der Waals surface area contributed by atoms with Crippen molar-refractivity contribution in [2.24, 2.45) is 0 Å². The van der Waals surface area contributed by atoms with Crippen molar-refractivity contribution in [3.05, 3.63) is 36.0 Å². The lowest BCUT2D eigenvalue weighted by atomic mass is 10.2. The largest absolute Gasteiger partial charge is 0.466 e. The van der Waals surface area contributed by atoms with Crippen LogP contribution in [0.5, 0.6) is 0 Å². The Balaban J connectivity index is 4.73. The molecule has 0 amide bonds. The highest BCUT2D eigenvalue weighted by atomic mass is 16.6. The molecule has 0 aromatic carbocycles. The molecular formula is C21H22O4. The van der Waals surface area contributed by atoms with Crippen molar-refractivity contribution < 1.29 is 19.1 Å². The molecule has 0 radical (unpaired) electrons. The van der Waals surface area contributed by atoms with E-state index in [9.17, 15) is 9.59 Å². The number of allylic oxidation sites excluding steroid dienone is 4. The van der Waals surface area contributed by atoms with E-state index in [-0.39, 0.29) is 12.6 Å². The highest BCUT2D eigenvalue weighted by Crippen LogP contribution is 2.07. The highest BCUT2D eigenvalue weighted by Gasteiger charge is 2.13. The van der Waals surface area contributed by atoms with Gasteiger partial charge in [0.25, 0.3) is 0 Å². The van der Waals surface area contributed by atoms with E-state index in [1.807, 2.05) is 0 Å². The molecule has 4 heteroatoms. The third kappa shape index (κ3) is 13.0. The van der Waals surface area contributed by atoms with Crippen LogP contribution < -0.4 is 0 Å². The van der Waals surface area contributed by atoms with E-state index < -0.39 is 12.1 Å². The number of esters is 2. The van der Waals surface area contributed by atoms with Crippen LogP contribution >= 0.6 is 0 Å². The summed E-state index contributed by atoms with van der Waals surface area (Å²) >= 11 is 0. The van der Waals surface area contributed by atoms with E-state index in [0.29, 0.717) is 12.0 Å². The summed E-state index contributed by atoms with van der Waals surface area (Å²) in [7, 11) is 0. The Bertz CT molecular complexity index is 719. The maximum atomic E-state index is 11.8. The molecule has 0 bridgehead atoms. The van der Waals surface area contributed by atoms with Gasteiger partial charge in [-0.05, 0) is 56.6 Å². The maximum Gasteiger partial charge on any atom is 0.333 e. The van der Waals surface area contributed by atoms with Gasteiger partial charge in [0.05, 0.1) is 6.61 Å². The SMILES string of the molecule is CC#CC#CC#C/C=C/C=C/C(CCOC(C)=O)OC(=O)/C(C)=C\C. The van der Waals surface area contributed by atoms with Crippen LogP contribution in [0.15, 0.2) is 36.0 Å². The summed E-state index contributed by atoms with van der Waals surface area (Å²) in [5.74, 6) is 15.0. The fourth-order valence-corrected chi connectivity index (χ4v) is 1.36. The summed E-state index contributed by atoms with van der Waals surface area (Å²) in [6.45, 7) is 6.64. The van der Waals surface area contributed by atoms with Crippen LogP contribution in [0.4, 0.5) is 0 Å². The minimum Gasteiger partial charge on any atom is -0.466 e. The van der Waals surface area contributed by atoms with Crippen molar-refractivity contribution in [2.45, 2.75) is 40.2 Å². The normalized spacial score (nSPS) is 11.4. The molecule has 1 unspecified atom stereocenters. The Kier molecular flexibility index (Phi) is 12.6. The molecule has 0 aliphatic heterocycles. The molecule has 0 aromatic heterocycles. The average Bonchev–Trinajstić information content (AvgIpc) is 2.58. The topological polar surface area (TPSA) is 52.6 Å². The average molecular weight is 338 g/mol. The smallest absolute Gasteiger partial charge is 0.333 e. The lowest BCUT2D eigenvalue weighted by Crippen LogP contribution is -2.19. The van der Waals surface area contributed by atoms with Gasteiger partial charge in [0.1, 0.15) is 6.10 Å². The lowest BCUT2D eigenvalue weighted by molar-refractivity contribution is -0.144. The van der Waals surface area contributed by atoms with Gasteiger partial charge in [0.2, 0.25) is 0 Å². The van der Waals surface area contributed by atoms with Gasteiger partial charge in [-0.3, -0.25) is 4.79 Å². The maximum absolute atomic E-state index is 11.8. The molecule has 0 aliphatic rings. The van der Waals surface area contributed by atoms with Crippen LogP contribution in [0.1, 0.15) is 34.1 Å². The number of carbonyl (C=O) groups excluding carboxylic acids is 2. The molecule has 25 heavy (non-hydrogen) atoms. The van der Waals surface area contributed by atoms with Crippen molar-refractivity contribution >= 4 is 11.9 Å². The molecule has 0 heterocycles. The van der Waals surface area contributed by atoms with Gasteiger partial charge in [-0.1, -0.05) is 30.1 Å². The third-order valence-corrected chi connectivity index (χ3v) is 2.72. The number of rotatable bonds is 7. The van der Waals surface area contributed by atoms with Gasteiger partial charge in [-0.15, -0.1) is 0 Å². The lowest BCUT2D eigenvalue weighted by Gasteiger charge is -2.14. The fraction of sp³-hybridized carbons (Fsp3) is 0.333. The van der Waals surface area contributed by atoms with E-state index in [1.54, 1.807) is 51.2 Å². The van der Waals surface area contributed by atoms with Gasteiger partial charge in [-0.2, -0.15) is 0 Å². The molecule has 0 rings (SSSR count). The van der Waals surface area contributed by atoms with E-state index in [4.69, 9.17) is 9.47 Å². The first-order valence-electron chi connectivity index (χ1n) is 7.74. The zero-order chi connectivity index (χ0) is 18.9. The van der Waals surface area contributed by atoms with Gasteiger partial charge >= 0.3 is 11.9 Å². The molecule has 0 saturated heterocycles. The Morgan fingerprint density at radius 3 is 2.44 bits per heavy atom. The summed E-state index contributed by atoms with van der Waals surface area (Å²) < 4.78 is 10.3. The van der Waals surface area contributed by atoms with Crippen LogP contribution in [0, 0.1) is 35.5 Å². The Hall–Kier alpha value is -3.16. The number of hydrogen-bond donors (Lipinski definition) is 0. The summed E-state index contributed by atoms with van der Waals surface area (Å²) in [4.78, 5) is 22.7. The molecule has 1 atom stereocenters. The Labute approximate surface area is 150 Å². The zero-order valence-corrected chi connectivity index (χ0v) is 15.0. The minimum atomic E-state index is -0.501. The summed E-state index contributed by atoms with van der Waals surface area (Å²) in [6, 6.07) is 0. The van der Waals surface area contributed by atoms with E-state index in [1.165, 1.54) is 6.92 Å². The number of ether oxygens (including phenoxy) is 2. The van der Waals surface area contributed by atoms with Crippen LogP contribution in [0.25, 0.3) is 0 Å². The fourth-order valence-electron chi connectivity index (χ4n) is 1.36. The van der Waals surface area contributed by atoms with Crippen LogP contribution in [0.2, 0.25) is 0 Å². The molecule has 4 nitrogen and oxygen atoms in total. The number of hydrogen-bond acceptors (Lipinski definition) is 4. The first kappa shape index (κ1) is 21.8. The standard InChI is InChI=1S/C21H22O4/c1-5-7-8-9-10-11-12-13-14-15-20(16-17-24-19(4)22)25-21(23)18(3)6-2/h6,12-15,20H,16-17H2,1-4H3/b13-12+,15-14+,18-6-. The van der Waals surface area contributed by atoms with Crippen molar-refractivity contribution in [3.63, 3.8) is 0 Å². The van der Waals surface area contributed by atoms with E-state index >= 15 is 0 Å².